The standard InChI is InChI=1S/C21H25ClN2O2S/c1-26-18-8-4-16(5-9-18)20(24-12-2-3-13-24)14-23-21(25)15-27-19-10-6-17(22)7-11-19/h4-11,20H,2-3,12-15H2,1H3,(H,23,25). The molecule has 2 aromatic carbocycles. The van der Waals surface area contributed by atoms with E-state index in [1.54, 1.807) is 7.11 Å². The molecule has 1 amide bonds. The summed E-state index contributed by atoms with van der Waals surface area (Å²) in [6, 6.07) is 15.9. The molecule has 4 nitrogen and oxygen atoms in total. The van der Waals surface area contributed by atoms with E-state index in [9.17, 15) is 4.79 Å². The number of amides is 1. The first-order valence-corrected chi connectivity index (χ1v) is 10.5. The van der Waals surface area contributed by atoms with Crippen molar-refractivity contribution in [3.05, 3.63) is 59.1 Å². The first-order chi connectivity index (χ1) is 13.2. The number of methoxy groups -OCH3 is 1. The van der Waals surface area contributed by atoms with E-state index in [-0.39, 0.29) is 11.9 Å². The van der Waals surface area contributed by atoms with Crippen LogP contribution in [-0.2, 0) is 4.79 Å². The Balaban J connectivity index is 1.56. The van der Waals surface area contributed by atoms with E-state index >= 15 is 0 Å². The fourth-order valence-electron chi connectivity index (χ4n) is 3.28. The second-order valence-electron chi connectivity index (χ2n) is 6.58. The number of nitrogens with zero attached hydrogens (tertiary/aromatic N) is 1. The second kappa shape index (κ2) is 10.0. The lowest BCUT2D eigenvalue weighted by atomic mass is 10.1. The number of carbonyl (C=O) groups is 1. The molecule has 0 bridgehead atoms. The SMILES string of the molecule is COc1ccc(C(CNC(=O)CSc2ccc(Cl)cc2)N2CCCC2)cc1. The quantitative estimate of drug-likeness (QED) is 0.662. The van der Waals surface area contributed by atoms with Crippen molar-refractivity contribution in [2.45, 2.75) is 23.8 Å². The summed E-state index contributed by atoms with van der Waals surface area (Å²) in [5, 5.41) is 3.81. The Morgan fingerprint density at radius 1 is 1.15 bits per heavy atom. The third-order valence-corrected chi connectivity index (χ3v) is 6.02. The van der Waals surface area contributed by atoms with Crippen molar-refractivity contribution in [1.29, 1.82) is 0 Å². The summed E-state index contributed by atoms with van der Waals surface area (Å²) in [7, 11) is 1.67. The van der Waals surface area contributed by atoms with E-state index in [1.165, 1.54) is 30.2 Å². The lowest BCUT2D eigenvalue weighted by Gasteiger charge is -2.28. The maximum Gasteiger partial charge on any atom is 0.230 e. The fourth-order valence-corrected chi connectivity index (χ4v) is 4.13. The highest BCUT2D eigenvalue weighted by Crippen LogP contribution is 2.26. The summed E-state index contributed by atoms with van der Waals surface area (Å²) in [5.74, 6) is 1.30. The molecule has 0 aliphatic carbocycles. The average Bonchev–Trinajstić information content (AvgIpc) is 3.23. The van der Waals surface area contributed by atoms with Gasteiger partial charge in [-0.05, 0) is 67.9 Å². The highest BCUT2D eigenvalue weighted by atomic mass is 35.5. The highest BCUT2D eigenvalue weighted by Gasteiger charge is 2.24. The van der Waals surface area contributed by atoms with Crippen LogP contribution in [0.2, 0.25) is 5.02 Å². The Morgan fingerprint density at radius 2 is 1.81 bits per heavy atom. The summed E-state index contributed by atoms with van der Waals surface area (Å²) in [5.41, 5.74) is 1.21. The van der Waals surface area contributed by atoms with Crippen LogP contribution in [0, 0.1) is 0 Å². The van der Waals surface area contributed by atoms with E-state index in [4.69, 9.17) is 16.3 Å². The molecule has 1 aliphatic rings. The van der Waals surface area contributed by atoms with Crippen molar-refractivity contribution in [1.82, 2.24) is 10.2 Å². The van der Waals surface area contributed by atoms with Gasteiger partial charge in [0.15, 0.2) is 0 Å². The molecule has 0 radical (unpaired) electrons. The Bertz CT molecular complexity index is 731. The monoisotopic (exact) mass is 404 g/mol. The van der Waals surface area contributed by atoms with E-state index in [1.807, 2.05) is 36.4 Å². The van der Waals surface area contributed by atoms with E-state index in [0.717, 1.165) is 23.7 Å². The molecule has 1 atom stereocenters. The molecule has 1 aliphatic heterocycles. The van der Waals surface area contributed by atoms with Crippen LogP contribution < -0.4 is 10.1 Å². The van der Waals surface area contributed by atoms with Gasteiger partial charge in [-0.15, -0.1) is 11.8 Å². The molecule has 0 saturated carbocycles. The van der Waals surface area contributed by atoms with Crippen LogP contribution in [0.4, 0.5) is 0 Å². The molecule has 3 rings (SSSR count). The van der Waals surface area contributed by atoms with Crippen molar-refractivity contribution in [3.8, 4) is 5.75 Å². The fraction of sp³-hybridized carbons (Fsp3) is 0.381. The summed E-state index contributed by atoms with van der Waals surface area (Å²) >= 11 is 7.42. The lowest BCUT2D eigenvalue weighted by molar-refractivity contribution is -0.118. The molecule has 1 unspecified atom stereocenters. The van der Waals surface area contributed by atoms with Crippen LogP contribution in [0.3, 0.4) is 0 Å². The van der Waals surface area contributed by atoms with E-state index in [2.05, 4.69) is 22.3 Å². The number of thioether (sulfide) groups is 1. The van der Waals surface area contributed by atoms with Crippen molar-refractivity contribution >= 4 is 29.3 Å². The van der Waals surface area contributed by atoms with Gasteiger partial charge in [0.1, 0.15) is 5.75 Å². The Labute approximate surface area is 170 Å². The second-order valence-corrected chi connectivity index (χ2v) is 8.06. The van der Waals surface area contributed by atoms with Crippen LogP contribution >= 0.6 is 23.4 Å². The molecule has 1 saturated heterocycles. The van der Waals surface area contributed by atoms with Crippen LogP contribution in [0.15, 0.2) is 53.4 Å². The first-order valence-electron chi connectivity index (χ1n) is 9.19. The predicted molar refractivity (Wildman–Crippen MR) is 112 cm³/mol. The molecular weight excluding hydrogens is 380 g/mol. The molecule has 0 spiro atoms. The highest BCUT2D eigenvalue weighted by molar-refractivity contribution is 8.00. The first kappa shape index (κ1) is 20.1. The van der Waals surface area contributed by atoms with E-state index in [0.29, 0.717) is 17.3 Å². The van der Waals surface area contributed by atoms with Gasteiger partial charge in [0.05, 0.1) is 18.9 Å². The van der Waals surface area contributed by atoms with Gasteiger partial charge in [-0.3, -0.25) is 9.69 Å². The third-order valence-electron chi connectivity index (χ3n) is 4.76. The third kappa shape index (κ3) is 5.89. The zero-order valence-electron chi connectivity index (χ0n) is 15.5. The molecule has 27 heavy (non-hydrogen) atoms. The molecule has 1 N–H and O–H groups in total. The summed E-state index contributed by atoms with van der Waals surface area (Å²) in [6.45, 7) is 2.77. The van der Waals surface area contributed by atoms with Gasteiger partial charge >= 0.3 is 0 Å². The van der Waals surface area contributed by atoms with Gasteiger partial charge in [0, 0.05) is 16.5 Å². The molecular formula is C21H25ClN2O2S. The number of likely N-dealkylation sites (tertiary alicyclic amines) is 1. The largest absolute Gasteiger partial charge is 0.497 e. The summed E-state index contributed by atoms with van der Waals surface area (Å²) in [6.07, 6.45) is 2.43. The summed E-state index contributed by atoms with van der Waals surface area (Å²) < 4.78 is 5.26. The minimum Gasteiger partial charge on any atom is -0.497 e. The molecule has 0 aromatic heterocycles. The van der Waals surface area contributed by atoms with Crippen molar-refractivity contribution < 1.29 is 9.53 Å². The van der Waals surface area contributed by atoms with Crippen molar-refractivity contribution in [2.24, 2.45) is 0 Å². The number of benzene rings is 2. The number of carbonyl (C=O) groups excluding carboxylic acids is 1. The molecule has 1 fully saturated rings. The van der Waals surface area contributed by atoms with Gasteiger partial charge in [-0.1, -0.05) is 23.7 Å². The van der Waals surface area contributed by atoms with Crippen LogP contribution in [0.25, 0.3) is 0 Å². The van der Waals surface area contributed by atoms with Gasteiger partial charge < -0.3 is 10.1 Å². The Morgan fingerprint density at radius 3 is 2.44 bits per heavy atom. The normalized spacial score (nSPS) is 15.5. The predicted octanol–water partition coefficient (Wildman–Crippen LogP) is 4.39. The topological polar surface area (TPSA) is 41.6 Å². The Hall–Kier alpha value is -1.69. The minimum atomic E-state index is 0.0488. The van der Waals surface area contributed by atoms with Gasteiger partial charge in [-0.2, -0.15) is 0 Å². The number of rotatable bonds is 8. The zero-order valence-corrected chi connectivity index (χ0v) is 17.1. The molecule has 6 heteroatoms. The van der Waals surface area contributed by atoms with Gasteiger partial charge in [-0.25, -0.2) is 0 Å². The maximum absolute atomic E-state index is 12.3. The van der Waals surface area contributed by atoms with Crippen LogP contribution in [0.1, 0.15) is 24.4 Å². The number of halogens is 1. The van der Waals surface area contributed by atoms with Crippen LogP contribution in [-0.4, -0.2) is 43.3 Å². The van der Waals surface area contributed by atoms with E-state index < -0.39 is 0 Å². The maximum atomic E-state index is 12.3. The van der Waals surface area contributed by atoms with Gasteiger partial charge in [0.25, 0.3) is 0 Å². The minimum absolute atomic E-state index is 0.0488. The van der Waals surface area contributed by atoms with Crippen molar-refractivity contribution in [2.75, 3.05) is 32.5 Å². The van der Waals surface area contributed by atoms with Crippen molar-refractivity contribution in [3.63, 3.8) is 0 Å². The number of nitrogens with one attached hydrogen (secondary N) is 1. The molecule has 1 heterocycles. The van der Waals surface area contributed by atoms with Crippen LogP contribution in [0.5, 0.6) is 5.75 Å². The molecule has 144 valence electrons. The Kier molecular flexibility index (Phi) is 7.44. The number of ether oxygens (including phenoxy) is 1. The number of hydrogen-bond acceptors (Lipinski definition) is 4. The summed E-state index contributed by atoms with van der Waals surface area (Å²) in [4.78, 5) is 15.8. The zero-order chi connectivity index (χ0) is 19.1. The lowest BCUT2D eigenvalue weighted by Crippen LogP contribution is -2.37. The number of hydrogen-bond donors (Lipinski definition) is 1. The molecule has 2 aromatic rings. The van der Waals surface area contributed by atoms with Gasteiger partial charge in [0.2, 0.25) is 5.91 Å². The average molecular weight is 405 g/mol. The smallest absolute Gasteiger partial charge is 0.230 e.